The van der Waals surface area contributed by atoms with Gasteiger partial charge in [0, 0.05) is 0 Å². The van der Waals surface area contributed by atoms with E-state index >= 15 is 0 Å². The number of benzene rings is 1. The molecule has 0 amide bonds. The second-order valence-electron chi connectivity index (χ2n) is 3.99. The lowest BCUT2D eigenvalue weighted by atomic mass is 10.2. The van der Waals surface area contributed by atoms with Gasteiger partial charge in [0.15, 0.2) is 16.1 Å². The summed E-state index contributed by atoms with van der Waals surface area (Å²) in [4.78, 5) is 15.7. The first-order chi connectivity index (χ1) is 9.61. The van der Waals surface area contributed by atoms with E-state index in [0.29, 0.717) is 16.0 Å². The molecule has 1 aromatic heterocycles. The standard InChI is InChI=1S/C14H7BrFNO3/c15-12-5-4-11(19-12)13-17-10(14(18)20-13)7-8-2-1-3-9(16)6-8/h1-7H/b10-7-. The van der Waals surface area contributed by atoms with Crippen LogP contribution in [0.15, 0.2) is 56.2 Å². The van der Waals surface area contributed by atoms with E-state index in [4.69, 9.17) is 9.15 Å². The normalized spacial score (nSPS) is 16.4. The van der Waals surface area contributed by atoms with E-state index in [1.165, 1.54) is 18.2 Å². The zero-order chi connectivity index (χ0) is 14.1. The predicted molar refractivity (Wildman–Crippen MR) is 73.4 cm³/mol. The van der Waals surface area contributed by atoms with Crippen LogP contribution in [0, 0.1) is 5.82 Å². The number of ether oxygens (including phenoxy) is 1. The van der Waals surface area contributed by atoms with Crippen LogP contribution in [0.1, 0.15) is 11.3 Å². The SMILES string of the molecule is O=C1OC(c2ccc(Br)o2)=N/C1=C\c1cccc(F)c1. The Labute approximate surface area is 121 Å². The van der Waals surface area contributed by atoms with Crippen molar-refractivity contribution >= 4 is 33.9 Å². The van der Waals surface area contributed by atoms with Crippen molar-refractivity contribution < 1.29 is 18.3 Å². The minimum absolute atomic E-state index is 0.0864. The maximum atomic E-state index is 13.1. The van der Waals surface area contributed by atoms with Gasteiger partial charge < -0.3 is 9.15 Å². The molecular formula is C14H7BrFNO3. The minimum atomic E-state index is -0.600. The number of furan rings is 1. The summed E-state index contributed by atoms with van der Waals surface area (Å²) in [7, 11) is 0. The molecular weight excluding hydrogens is 329 g/mol. The molecule has 0 bridgehead atoms. The summed E-state index contributed by atoms with van der Waals surface area (Å²) in [6, 6.07) is 9.14. The fourth-order valence-electron chi connectivity index (χ4n) is 1.70. The van der Waals surface area contributed by atoms with Crippen molar-refractivity contribution in [1.29, 1.82) is 0 Å². The van der Waals surface area contributed by atoms with E-state index in [0.717, 1.165) is 0 Å². The highest BCUT2D eigenvalue weighted by molar-refractivity contribution is 9.10. The number of esters is 1. The number of halogens is 2. The molecule has 0 spiro atoms. The maximum Gasteiger partial charge on any atom is 0.363 e. The molecule has 0 saturated carbocycles. The van der Waals surface area contributed by atoms with E-state index in [2.05, 4.69) is 20.9 Å². The lowest BCUT2D eigenvalue weighted by molar-refractivity contribution is -0.130. The highest BCUT2D eigenvalue weighted by Crippen LogP contribution is 2.22. The Bertz CT molecular complexity index is 748. The van der Waals surface area contributed by atoms with Gasteiger partial charge >= 0.3 is 5.97 Å². The molecule has 6 heteroatoms. The smallest absolute Gasteiger partial charge is 0.363 e. The highest BCUT2D eigenvalue weighted by Gasteiger charge is 2.26. The number of carbonyl (C=O) groups is 1. The zero-order valence-corrected chi connectivity index (χ0v) is 11.6. The molecule has 0 aliphatic carbocycles. The van der Waals surface area contributed by atoms with E-state index in [1.807, 2.05) is 0 Å². The van der Waals surface area contributed by atoms with Gasteiger partial charge in [-0.25, -0.2) is 14.2 Å². The van der Waals surface area contributed by atoms with Crippen molar-refractivity contribution in [3.05, 3.63) is 63.9 Å². The Kier molecular flexibility index (Phi) is 3.23. The van der Waals surface area contributed by atoms with Crippen LogP contribution in [0.4, 0.5) is 4.39 Å². The maximum absolute atomic E-state index is 13.1. The number of hydrogen-bond donors (Lipinski definition) is 0. The van der Waals surface area contributed by atoms with Gasteiger partial charge in [-0.05, 0) is 51.8 Å². The van der Waals surface area contributed by atoms with Gasteiger partial charge in [-0.2, -0.15) is 0 Å². The Morgan fingerprint density at radius 1 is 1.25 bits per heavy atom. The fraction of sp³-hybridized carbons (Fsp3) is 0. The first kappa shape index (κ1) is 12.8. The average Bonchev–Trinajstić information content (AvgIpc) is 2.97. The quantitative estimate of drug-likeness (QED) is 0.623. The van der Waals surface area contributed by atoms with Gasteiger partial charge in [0.25, 0.3) is 5.90 Å². The van der Waals surface area contributed by atoms with Gasteiger partial charge in [-0.1, -0.05) is 12.1 Å². The number of carbonyl (C=O) groups excluding carboxylic acids is 1. The second-order valence-corrected chi connectivity index (χ2v) is 4.78. The fourth-order valence-corrected chi connectivity index (χ4v) is 2.00. The monoisotopic (exact) mass is 335 g/mol. The number of rotatable bonds is 2. The largest absolute Gasteiger partial charge is 0.444 e. The van der Waals surface area contributed by atoms with Crippen LogP contribution in [-0.2, 0) is 9.53 Å². The molecule has 0 N–H and O–H groups in total. The van der Waals surface area contributed by atoms with Crippen LogP contribution in [0.5, 0.6) is 0 Å². The van der Waals surface area contributed by atoms with Crippen molar-refractivity contribution in [2.75, 3.05) is 0 Å². The number of nitrogens with zero attached hydrogens (tertiary/aromatic N) is 1. The third kappa shape index (κ3) is 2.55. The summed E-state index contributed by atoms with van der Waals surface area (Å²) >= 11 is 3.15. The van der Waals surface area contributed by atoms with E-state index in [1.54, 1.807) is 24.3 Å². The molecule has 3 rings (SSSR count). The Morgan fingerprint density at radius 2 is 2.10 bits per heavy atom. The Balaban J connectivity index is 1.94. The van der Waals surface area contributed by atoms with Crippen LogP contribution in [0.2, 0.25) is 0 Å². The van der Waals surface area contributed by atoms with Gasteiger partial charge in [-0.3, -0.25) is 0 Å². The summed E-state index contributed by atoms with van der Waals surface area (Å²) in [6.45, 7) is 0. The summed E-state index contributed by atoms with van der Waals surface area (Å²) in [5, 5.41) is 0. The summed E-state index contributed by atoms with van der Waals surface area (Å²) < 4.78 is 23.9. The summed E-state index contributed by atoms with van der Waals surface area (Å²) in [5.41, 5.74) is 0.626. The Morgan fingerprint density at radius 3 is 2.80 bits per heavy atom. The lowest BCUT2D eigenvalue weighted by Gasteiger charge is -1.94. The van der Waals surface area contributed by atoms with Crippen molar-refractivity contribution in [2.45, 2.75) is 0 Å². The van der Waals surface area contributed by atoms with Gasteiger partial charge in [0.1, 0.15) is 5.82 Å². The van der Waals surface area contributed by atoms with Crippen molar-refractivity contribution in [1.82, 2.24) is 0 Å². The molecule has 0 fully saturated rings. The summed E-state index contributed by atoms with van der Waals surface area (Å²) in [6.07, 6.45) is 1.45. The average molecular weight is 336 g/mol. The van der Waals surface area contributed by atoms with E-state index < -0.39 is 5.97 Å². The highest BCUT2D eigenvalue weighted by atomic mass is 79.9. The number of aliphatic imine (C=N–C) groups is 1. The van der Waals surface area contributed by atoms with Crippen LogP contribution in [0.3, 0.4) is 0 Å². The molecule has 0 radical (unpaired) electrons. The van der Waals surface area contributed by atoms with Gasteiger partial charge in [0.2, 0.25) is 0 Å². The topological polar surface area (TPSA) is 51.8 Å². The van der Waals surface area contributed by atoms with Gasteiger partial charge in [0.05, 0.1) is 0 Å². The predicted octanol–water partition coefficient (Wildman–Crippen LogP) is 3.53. The molecule has 2 aromatic rings. The molecule has 0 atom stereocenters. The minimum Gasteiger partial charge on any atom is -0.444 e. The molecule has 2 heterocycles. The molecule has 1 aromatic carbocycles. The second kappa shape index (κ2) is 5.05. The first-order valence-corrected chi connectivity index (χ1v) is 6.45. The van der Waals surface area contributed by atoms with Crippen molar-refractivity contribution in [2.24, 2.45) is 4.99 Å². The van der Waals surface area contributed by atoms with Crippen LogP contribution in [-0.4, -0.2) is 11.9 Å². The molecule has 1 aliphatic heterocycles. The van der Waals surface area contributed by atoms with Crippen LogP contribution in [0.25, 0.3) is 6.08 Å². The van der Waals surface area contributed by atoms with Crippen LogP contribution < -0.4 is 0 Å². The molecule has 0 unspecified atom stereocenters. The summed E-state index contributed by atoms with van der Waals surface area (Å²) in [5.74, 6) is -0.558. The number of hydrogen-bond acceptors (Lipinski definition) is 4. The lowest BCUT2D eigenvalue weighted by Crippen LogP contribution is -2.04. The van der Waals surface area contributed by atoms with Crippen LogP contribution >= 0.6 is 15.9 Å². The Hall–Kier alpha value is -2.21. The first-order valence-electron chi connectivity index (χ1n) is 5.66. The molecule has 100 valence electrons. The van der Waals surface area contributed by atoms with E-state index in [9.17, 15) is 9.18 Å². The van der Waals surface area contributed by atoms with Crippen molar-refractivity contribution in [3.63, 3.8) is 0 Å². The third-order valence-corrected chi connectivity index (χ3v) is 2.98. The van der Waals surface area contributed by atoms with Crippen molar-refractivity contribution in [3.8, 4) is 0 Å². The molecule has 1 aliphatic rings. The zero-order valence-electron chi connectivity index (χ0n) is 9.97. The molecule has 0 saturated heterocycles. The van der Waals surface area contributed by atoms with Gasteiger partial charge in [-0.15, -0.1) is 0 Å². The number of cyclic esters (lactones) is 1. The molecule has 4 nitrogen and oxygen atoms in total. The third-order valence-electron chi connectivity index (χ3n) is 2.56. The molecule has 20 heavy (non-hydrogen) atoms. The van der Waals surface area contributed by atoms with E-state index in [-0.39, 0.29) is 17.4 Å².